The van der Waals surface area contributed by atoms with E-state index in [-0.39, 0.29) is 0 Å². The lowest BCUT2D eigenvalue weighted by Gasteiger charge is -2.30. The molecule has 1 aliphatic rings. The highest BCUT2D eigenvalue weighted by Crippen LogP contribution is 2.21. The predicted molar refractivity (Wildman–Crippen MR) is 54.5 cm³/mol. The highest BCUT2D eigenvalue weighted by atomic mass is 35.5. The normalized spacial score (nSPS) is 26.2. The first-order valence-electron chi connectivity index (χ1n) is 4.55. The summed E-state index contributed by atoms with van der Waals surface area (Å²) in [6.45, 7) is 1.34. The standard InChI is InChI=1S/C8H16ClNO2S/c1-13(11,12)10-6-2-3-8(7-10)4-5-9/h8H,2-7H2,1H3. The Kier molecular flexibility index (Phi) is 4.01. The molecule has 1 rings (SSSR count). The van der Waals surface area contributed by atoms with Crippen LogP contribution < -0.4 is 0 Å². The molecule has 0 aromatic heterocycles. The fraction of sp³-hybridized carbons (Fsp3) is 1.00. The average molecular weight is 226 g/mol. The topological polar surface area (TPSA) is 37.4 Å². The lowest BCUT2D eigenvalue weighted by atomic mass is 9.97. The SMILES string of the molecule is CS(=O)(=O)N1CCCC(CCCl)C1. The molecule has 0 spiro atoms. The van der Waals surface area contributed by atoms with Gasteiger partial charge in [-0.2, -0.15) is 0 Å². The zero-order valence-electron chi connectivity index (χ0n) is 7.87. The highest BCUT2D eigenvalue weighted by Gasteiger charge is 2.25. The van der Waals surface area contributed by atoms with Crippen LogP contribution in [0.3, 0.4) is 0 Å². The van der Waals surface area contributed by atoms with Crippen molar-refractivity contribution < 1.29 is 8.42 Å². The molecular weight excluding hydrogens is 210 g/mol. The monoisotopic (exact) mass is 225 g/mol. The number of nitrogens with zero attached hydrogens (tertiary/aromatic N) is 1. The van der Waals surface area contributed by atoms with Gasteiger partial charge in [-0.3, -0.25) is 0 Å². The Labute approximate surface area is 85.1 Å². The maximum Gasteiger partial charge on any atom is 0.211 e. The summed E-state index contributed by atoms with van der Waals surface area (Å²) in [5.41, 5.74) is 0. The summed E-state index contributed by atoms with van der Waals surface area (Å²) >= 11 is 5.63. The third kappa shape index (κ3) is 3.44. The molecule has 1 saturated heterocycles. The molecule has 0 aromatic carbocycles. The van der Waals surface area contributed by atoms with Crippen molar-refractivity contribution in [2.75, 3.05) is 25.2 Å². The van der Waals surface area contributed by atoms with E-state index in [0.29, 0.717) is 24.9 Å². The second-order valence-corrected chi connectivity index (χ2v) is 5.97. The zero-order valence-corrected chi connectivity index (χ0v) is 9.44. The van der Waals surface area contributed by atoms with Gasteiger partial charge in [0.05, 0.1) is 6.26 Å². The molecule has 0 aromatic rings. The number of piperidine rings is 1. The molecule has 0 N–H and O–H groups in total. The third-order valence-corrected chi connectivity index (χ3v) is 3.96. The molecule has 0 amide bonds. The van der Waals surface area contributed by atoms with Crippen LogP contribution in [0, 0.1) is 5.92 Å². The molecule has 1 fully saturated rings. The maximum atomic E-state index is 11.2. The van der Waals surface area contributed by atoms with Crippen molar-refractivity contribution in [2.45, 2.75) is 19.3 Å². The largest absolute Gasteiger partial charge is 0.213 e. The number of halogens is 1. The molecular formula is C8H16ClNO2S. The van der Waals surface area contributed by atoms with E-state index in [2.05, 4.69) is 0 Å². The van der Waals surface area contributed by atoms with Gasteiger partial charge >= 0.3 is 0 Å². The highest BCUT2D eigenvalue weighted by molar-refractivity contribution is 7.88. The van der Waals surface area contributed by atoms with Crippen LogP contribution in [-0.4, -0.2) is 37.9 Å². The first-order chi connectivity index (χ1) is 6.04. The van der Waals surface area contributed by atoms with Crippen LogP contribution in [0.1, 0.15) is 19.3 Å². The summed E-state index contributed by atoms with van der Waals surface area (Å²) in [5, 5.41) is 0. The summed E-state index contributed by atoms with van der Waals surface area (Å²) < 4.78 is 24.0. The van der Waals surface area contributed by atoms with Crippen molar-refractivity contribution in [1.29, 1.82) is 0 Å². The lowest BCUT2D eigenvalue weighted by Crippen LogP contribution is -2.39. The van der Waals surface area contributed by atoms with E-state index in [9.17, 15) is 8.42 Å². The van der Waals surface area contributed by atoms with E-state index in [1.807, 2.05) is 0 Å². The second-order valence-electron chi connectivity index (χ2n) is 3.61. The van der Waals surface area contributed by atoms with E-state index in [0.717, 1.165) is 19.3 Å². The van der Waals surface area contributed by atoms with Gasteiger partial charge in [0.1, 0.15) is 0 Å². The predicted octanol–water partition coefficient (Wildman–Crippen LogP) is 1.29. The minimum atomic E-state index is -2.99. The quantitative estimate of drug-likeness (QED) is 0.679. The summed E-state index contributed by atoms with van der Waals surface area (Å²) in [6.07, 6.45) is 4.27. The zero-order chi connectivity index (χ0) is 9.90. The number of hydrogen-bond acceptors (Lipinski definition) is 2. The van der Waals surface area contributed by atoms with Crippen molar-refractivity contribution in [3.63, 3.8) is 0 Å². The number of alkyl halides is 1. The average Bonchev–Trinajstić information content (AvgIpc) is 2.04. The minimum Gasteiger partial charge on any atom is -0.213 e. The van der Waals surface area contributed by atoms with E-state index < -0.39 is 10.0 Å². The van der Waals surface area contributed by atoms with E-state index >= 15 is 0 Å². The minimum absolute atomic E-state index is 0.459. The van der Waals surface area contributed by atoms with Gasteiger partial charge in [-0.25, -0.2) is 12.7 Å². The molecule has 1 unspecified atom stereocenters. The molecule has 3 nitrogen and oxygen atoms in total. The van der Waals surface area contributed by atoms with Gasteiger partial charge in [0.15, 0.2) is 0 Å². The Hall–Kier alpha value is 0.200. The summed E-state index contributed by atoms with van der Waals surface area (Å²) in [6, 6.07) is 0. The van der Waals surface area contributed by atoms with Crippen molar-refractivity contribution in [3.8, 4) is 0 Å². The Bertz CT molecular complexity index is 251. The van der Waals surface area contributed by atoms with E-state index in [1.165, 1.54) is 6.26 Å². The Morgan fingerprint density at radius 1 is 1.54 bits per heavy atom. The summed E-state index contributed by atoms with van der Waals surface area (Å²) in [7, 11) is -2.99. The van der Waals surface area contributed by atoms with E-state index in [1.54, 1.807) is 4.31 Å². The van der Waals surface area contributed by atoms with Crippen LogP contribution in [0.2, 0.25) is 0 Å². The second kappa shape index (κ2) is 4.62. The molecule has 1 atom stereocenters. The van der Waals surface area contributed by atoms with Crippen molar-refractivity contribution in [1.82, 2.24) is 4.31 Å². The first-order valence-corrected chi connectivity index (χ1v) is 6.93. The molecule has 13 heavy (non-hydrogen) atoms. The molecule has 1 aliphatic heterocycles. The summed E-state index contributed by atoms with van der Waals surface area (Å²) in [5.74, 6) is 1.09. The number of rotatable bonds is 3. The molecule has 5 heteroatoms. The molecule has 0 radical (unpaired) electrons. The molecule has 0 bridgehead atoms. The molecule has 78 valence electrons. The smallest absolute Gasteiger partial charge is 0.211 e. The fourth-order valence-corrected chi connectivity index (χ4v) is 2.97. The van der Waals surface area contributed by atoms with E-state index in [4.69, 9.17) is 11.6 Å². The Morgan fingerprint density at radius 2 is 2.23 bits per heavy atom. The summed E-state index contributed by atoms with van der Waals surface area (Å²) in [4.78, 5) is 0. The number of hydrogen-bond donors (Lipinski definition) is 0. The van der Waals surface area contributed by atoms with Gasteiger partial charge in [0, 0.05) is 19.0 Å². The maximum absolute atomic E-state index is 11.2. The molecule has 1 heterocycles. The molecule has 0 aliphatic carbocycles. The Balaban J connectivity index is 2.52. The first kappa shape index (κ1) is 11.3. The van der Waals surface area contributed by atoms with Crippen molar-refractivity contribution in [3.05, 3.63) is 0 Å². The van der Waals surface area contributed by atoms with Crippen LogP contribution in [0.15, 0.2) is 0 Å². The van der Waals surface area contributed by atoms with Crippen LogP contribution in [0.5, 0.6) is 0 Å². The van der Waals surface area contributed by atoms with Crippen LogP contribution in [-0.2, 0) is 10.0 Å². The van der Waals surface area contributed by atoms with Crippen LogP contribution in [0.4, 0.5) is 0 Å². The Morgan fingerprint density at radius 3 is 2.77 bits per heavy atom. The molecule has 0 saturated carbocycles. The van der Waals surface area contributed by atoms with Gasteiger partial charge in [0.25, 0.3) is 0 Å². The van der Waals surface area contributed by atoms with Gasteiger partial charge in [-0.1, -0.05) is 0 Å². The van der Waals surface area contributed by atoms with Gasteiger partial charge in [-0.05, 0) is 25.2 Å². The number of sulfonamides is 1. The van der Waals surface area contributed by atoms with Gasteiger partial charge in [0.2, 0.25) is 10.0 Å². The lowest BCUT2D eigenvalue weighted by molar-refractivity contribution is 0.263. The fourth-order valence-electron chi connectivity index (χ4n) is 1.72. The van der Waals surface area contributed by atoms with Gasteiger partial charge in [-0.15, -0.1) is 11.6 Å². The third-order valence-electron chi connectivity index (χ3n) is 2.47. The van der Waals surface area contributed by atoms with Crippen LogP contribution in [0.25, 0.3) is 0 Å². The van der Waals surface area contributed by atoms with Crippen molar-refractivity contribution in [2.24, 2.45) is 5.92 Å². The van der Waals surface area contributed by atoms with Crippen LogP contribution >= 0.6 is 11.6 Å². The van der Waals surface area contributed by atoms with Gasteiger partial charge < -0.3 is 0 Å². The van der Waals surface area contributed by atoms with Crippen molar-refractivity contribution >= 4 is 21.6 Å².